The van der Waals surface area contributed by atoms with Crippen LogP contribution < -0.4 is 16.0 Å². The molecular formula is C15H16ClN3O. The second kappa shape index (κ2) is 5.84. The zero-order chi connectivity index (χ0) is 14.7. The Morgan fingerprint density at radius 3 is 2.60 bits per heavy atom. The zero-order valence-corrected chi connectivity index (χ0v) is 12.1. The lowest BCUT2D eigenvalue weighted by Gasteiger charge is -2.18. The smallest absolute Gasteiger partial charge is 0.257 e. The van der Waals surface area contributed by atoms with E-state index in [1.54, 1.807) is 18.2 Å². The van der Waals surface area contributed by atoms with E-state index in [-0.39, 0.29) is 5.91 Å². The van der Waals surface area contributed by atoms with Gasteiger partial charge in [0, 0.05) is 24.8 Å². The van der Waals surface area contributed by atoms with Gasteiger partial charge in [0.25, 0.3) is 5.91 Å². The quantitative estimate of drug-likeness (QED) is 0.853. The molecule has 0 saturated heterocycles. The van der Waals surface area contributed by atoms with Gasteiger partial charge in [0.05, 0.1) is 16.9 Å². The van der Waals surface area contributed by atoms with Crippen molar-refractivity contribution in [2.75, 3.05) is 30.0 Å². The molecule has 0 spiro atoms. The zero-order valence-electron chi connectivity index (χ0n) is 11.4. The molecule has 2 aromatic carbocycles. The number of benzene rings is 2. The summed E-state index contributed by atoms with van der Waals surface area (Å²) in [7, 11) is 3.83. The van der Waals surface area contributed by atoms with Crippen molar-refractivity contribution in [2.45, 2.75) is 0 Å². The molecule has 20 heavy (non-hydrogen) atoms. The first-order valence-corrected chi connectivity index (χ1v) is 6.49. The number of nitrogen functional groups attached to an aromatic ring is 1. The van der Waals surface area contributed by atoms with E-state index in [0.717, 1.165) is 11.4 Å². The molecule has 0 aliphatic carbocycles. The number of carbonyl (C=O) groups excluding carboxylic acids is 1. The third-order valence-electron chi connectivity index (χ3n) is 2.89. The highest BCUT2D eigenvalue weighted by atomic mass is 35.5. The van der Waals surface area contributed by atoms with E-state index in [2.05, 4.69) is 5.32 Å². The van der Waals surface area contributed by atoms with Gasteiger partial charge >= 0.3 is 0 Å². The van der Waals surface area contributed by atoms with Crippen LogP contribution in [0.2, 0.25) is 5.02 Å². The Morgan fingerprint density at radius 2 is 1.90 bits per heavy atom. The maximum absolute atomic E-state index is 12.3. The molecule has 0 atom stereocenters. The predicted octanol–water partition coefficient (Wildman–Crippen LogP) is 3.24. The molecule has 104 valence electrons. The fourth-order valence-electron chi connectivity index (χ4n) is 1.88. The van der Waals surface area contributed by atoms with Gasteiger partial charge in [-0.1, -0.05) is 23.7 Å². The normalized spacial score (nSPS) is 10.2. The molecule has 0 aliphatic rings. The first-order chi connectivity index (χ1) is 9.49. The number of halogens is 1. The molecule has 0 aliphatic heterocycles. The second-order valence-electron chi connectivity index (χ2n) is 4.60. The summed E-state index contributed by atoms with van der Waals surface area (Å²) in [4.78, 5) is 14.2. The minimum atomic E-state index is -0.278. The number of nitrogens with one attached hydrogen (secondary N) is 1. The van der Waals surface area contributed by atoms with Gasteiger partial charge in [-0.25, -0.2) is 0 Å². The second-order valence-corrected chi connectivity index (χ2v) is 5.03. The Labute approximate surface area is 123 Å². The minimum Gasteiger partial charge on any atom is -0.398 e. The van der Waals surface area contributed by atoms with Crippen LogP contribution in [0.25, 0.3) is 0 Å². The highest BCUT2D eigenvalue weighted by Gasteiger charge is 2.13. The van der Waals surface area contributed by atoms with E-state index in [1.165, 1.54) is 0 Å². The summed E-state index contributed by atoms with van der Waals surface area (Å²) >= 11 is 5.90. The fraction of sp³-hybridized carbons (Fsp3) is 0.133. The molecule has 0 saturated carbocycles. The standard InChI is InChI=1S/C15H16ClN3O/c1-19(2)14-6-4-3-5-13(14)18-15(20)11-9-10(16)7-8-12(11)17/h3-9H,17H2,1-2H3,(H,18,20). The first kappa shape index (κ1) is 14.2. The molecule has 0 fully saturated rings. The summed E-state index contributed by atoms with van der Waals surface area (Å²) in [6.45, 7) is 0. The number of nitrogens with zero attached hydrogens (tertiary/aromatic N) is 1. The highest BCUT2D eigenvalue weighted by molar-refractivity contribution is 6.31. The van der Waals surface area contributed by atoms with Gasteiger partial charge in [0.1, 0.15) is 0 Å². The van der Waals surface area contributed by atoms with Crippen LogP contribution in [0.4, 0.5) is 17.1 Å². The molecule has 0 radical (unpaired) electrons. The Bertz CT molecular complexity index is 641. The van der Waals surface area contributed by atoms with Gasteiger partial charge in [-0.2, -0.15) is 0 Å². The molecule has 1 amide bonds. The van der Waals surface area contributed by atoms with Crippen LogP contribution in [-0.4, -0.2) is 20.0 Å². The molecule has 5 heteroatoms. The average molecular weight is 290 g/mol. The molecule has 0 aromatic heterocycles. The van der Waals surface area contributed by atoms with Crippen molar-refractivity contribution in [3.05, 3.63) is 53.1 Å². The topological polar surface area (TPSA) is 58.4 Å². The maximum Gasteiger partial charge on any atom is 0.257 e. The lowest BCUT2D eigenvalue weighted by atomic mass is 10.1. The van der Waals surface area contributed by atoms with Crippen LogP contribution in [0.15, 0.2) is 42.5 Å². The van der Waals surface area contributed by atoms with Crippen LogP contribution >= 0.6 is 11.6 Å². The SMILES string of the molecule is CN(C)c1ccccc1NC(=O)c1cc(Cl)ccc1N. The maximum atomic E-state index is 12.3. The molecule has 2 rings (SSSR count). The van der Waals surface area contributed by atoms with Crippen molar-refractivity contribution in [3.63, 3.8) is 0 Å². The summed E-state index contributed by atoms with van der Waals surface area (Å²) in [5, 5.41) is 3.33. The molecular weight excluding hydrogens is 274 g/mol. The van der Waals surface area contributed by atoms with Crippen molar-refractivity contribution in [1.82, 2.24) is 0 Å². The lowest BCUT2D eigenvalue weighted by Crippen LogP contribution is -2.17. The van der Waals surface area contributed by atoms with Crippen LogP contribution in [0.1, 0.15) is 10.4 Å². The van der Waals surface area contributed by atoms with E-state index in [1.807, 2.05) is 43.3 Å². The molecule has 0 heterocycles. The Kier molecular flexibility index (Phi) is 4.15. The Balaban J connectivity index is 2.31. The van der Waals surface area contributed by atoms with Gasteiger partial charge in [-0.3, -0.25) is 4.79 Å². The van der Waals surface area contributed by atoms with E-state index in [4.69, 9.17) is 17.3 Å². The molecule has 4 nitrogen and oxygen atoms in total. The van der Waals surface area contributed by atoms with Crippen molar-refractivity contribution in [2.24, 2.45) is 0 Å². The van der Waals surface area contributed by atoms with Gasteiger partial charge in [-0.05, 0) is 30.3 Å². The average Bonchev–Trinajstić information content (AvgIpc) is 2.41. The number of amides is 1. The first-order valence-electron chi connectivity index (χ1n) is 6.12. The van der Waals surface area contributed by atoms with Crippen molar-refractivity contribution < 1.29 is 4.79 Å². The summed E-state index contributed by atoms with van der Waals surface area (Å²) < 4.78 is 0. The summed E-state index contributed by atoms with van der Waals surface area (Å²) in [6.07, 6.45) is 0. The van der Waals surface area contributed by atoms with E-state index >= 15 is 0 Å². The number of para-hydroxylation sites is 2. The Hall–Kier alpha value is -2.20. The summed E-state index contributed by atoms with van der Waals surface area (Å²) in [6, 6.07) is 12.4. The lowest BCUT2D eigenvalue weighted by molar-refractivity contribution is 0.102. The fourth-order valence-corrected chi connectivity index (χ4v) is 2.06. The number of hydrogen-bond acceptors (Lipinski definition) is 3. The van der Waals surface area contributed by atoms with Crippen molar-refractivity contribution in [3.8, 4) is 0 Å². The number of carbonyl (C=O) groups is 1. The number of anilines is 3. The largest absolute Gasteiger partial charge is 0.398 e. The third kappa shape index (κ3) is 3.03. The van der Waals surface area contributed by atoms with Gasteiger partial charge in [-0.15, -0.1) is 0 Å². The summed E-state index contributed by atoms with van der Waals surface area (Å²) in [5.74, 6) is -0.278. The predicted molar refractivity (Wildman–Crippen MR) is 84.6 cm³/mol. The number of nitrogens with two attached hydrogens (primary N) is 1. The van der Waals surface area contributed by atoms with Gasteiger partial charge < -0.3 is 16.0 Å². The van der Waals surface area contributed by atoms with Crippen molar-refractivity contribution in [1.29, 1.82) is 0 Å². The van der Waals surface area contributed by atoms with Crippen LogP contribution in [0, 0.1) is 0 Å². The highest BCUT2D eigenvalue weighted by Crippen LogP contribution is 2.25. The molecule has 3 N–H and O–H groups in total. The Morgan fingerprint density at radius 1 is 1.20 bits per heavy atom. The summed E-state index contributed by atoms with van der Waals surface area (Å²) in [5.41, 5.74) is 8.22. The van der Waals surface area contributed by atoms with E-state index in [9.17, 15) is 4.79 Å². The monoisotopic (exact) mass is 289 g/mol. The van der Waals surface area contributed by atoms with E-state index in [0.29, 0.717) is 16.3 Å². The van der Waals surface area contributed by atoms with Crippen LogP contribution in [0.5, 0.6) is 0 Å². The third-order valence-corrected chi connectivity index (χ3v) is 3.13. The number of rotatable bonds is 3. The minimum absolute atomic E-state index is 0.278. The van der Waals surface area contributed by atoms with Gasteiger partial charge in [0.15, 0.2) is 0 Å². The van der Waals surface area contributed by atoms with Crippen LogP contribution in [0.3, 0.4) is 0 Å². The van der Waals surface area contributed by atoms with E-state index < -0.39 is 0 Å². The molecule has 0 unspecified atom stereocenters. The molecule has 2 aromatic rings. The number of hydrogen-bond donors (Lipinski definition) is 2. The molecule has 0 bridgehead atoms. The van der Waals surface area contributed by atoms with Gasteiger partial charge in [0.2, 0.25) is 0 Å². The van der Waals surface area contributed by atoms with Crippen LogP contribution in [-0.2, 0) is 0 Å². The van der Waals surface area contributed by atoms with Crippen molar-refractivity contribution >= 4 is 34.6 Å².